The molecular formula is C19H32N4O4S. The van der Waals surface area contributed by atoms with Gasteiger partial charge in [0.05, 0.1) is 9.82 Å². The number of nitro groups is 1. The van der Waals surface area contributed by atoms with E-state index in [2.05, 4.69) is 28.8 Å². The second kappa shape index (κ2) is 8.75. The van der Waals surface area contributed by atoms with E-state index in [1.54, 1.807) is 20.8 Å². The summed E-state index contributed by atoms with van der Waals surface area (Å²) in [5, 5.41) is 14.7. The molecule has 28 heavy (non-hydrogen) atoms. The van der Waals surface area contributed by atoms with Crippen LogP contribution in [0.15, 0.2) is 23.1 Å². The lowest BCUT2D eigenvalue weighted by Crippen LogP contribution is -2.42. The van der Waals surface area contributed by atoms with Crippen LogP contribution < -0.4 is 10.0 Å². The van der Waals surface area contributed by atoms with Gasteiger partial charge in [-0.2, -0.15) is 0 Å². The SMILES string of the molecule is CC(C)[C@@H](CNc1ccc(S(=O)(=O)NC(C)(C)C)cc1[N+](=O)[O-])N1CCCC1. The van der Waals surface area contributed by atoms with E-state index in [9.17, 15) is 18.5 Å². The number of nitrogens with one attached hydrogen (secondary N) is 2. The van der Waals surface area contributed by atoms with Crippen LogP contribution in [0, 0.1) is 16.0 Å². The van der Waals surface area contributed by atoms with E-state index in [1.165, 1.54) is 25.0 Å². The van der Waals surface area contributed by atoms with Gasteiger partial charge in [0.1, 0.15) is 5.69 Å². The molecule has 1 aliphatic heterocycles. The van der Waals surface area contributed by atoms with Gasteiger partial charge in [-0.25, -0.2) is 13.1 Å². The van der Waals surface area contributed by atoms with Gasteiger partial charge in [-0.15, -0.1) is 0 Å². The lowest BCUT2D eigenvalue weighted by molar-refractivity contribution is -0.384. The van der Waals surface area contributed by atoms with Crippen molar-refractivity contribution in [2.45, 2.75) is 63.9 Å². The Kier molecular flexibility index (Phi) is 7.06. The maximum Gasteiger partial charge on any atom is 0.293 e. The summed E-state index contributed by atoms with van der Waals surface area (Å²) < 4.78 is 27.5. The predicted octanol–water partition coefficient (Wildman–Crippen LogP) is 3.20. The van der Waals surface area contributed by atoms with Gasteiger partial charge in [-0.05, 0) is 64.8 Å². The molecule has 0 aromatic heterocycles. The topological polar surface area (TPSA) is 105 Å². The minimum absolute atomic E-state index is 0.111. The van der Waals surface area contributed by atoms with Gasteiger partial charge in [0.15, 0.2) is 0 Å². The van der Waals surface area contributed by atoms with Crippen molar-refractivity contribution in [1.29, 1.82) is 0 Å². The zero-order valence-corrected chi connectivity index (χ0v) is 18.2. The minimum Gasteiger partial charge on any atom is -0.378 e. The fraction of sp³-hybridized carbons (Fsp3) is 0.684. The summed E-state index contributed by atoms with van der Waals surface area (Å²) in [7, 11) is -3.84. The Hall–Kier alpha value is -1.71. The van der Waals surface area contributed by atoms with E-state index in [0.29, 0.717) is 18.2 Å². The molecule has 0 unspecified atom stereocenters. The Bertz CT molecular complexity index is 797. The first-order valence-corrected chi connectivity index (χ1v) is 11.2. The first-order chi connectivity index (χ1) is 12.9. The smallest absolute Gasteiger partial charge is 0.293 e. The Balaban J connectivity index is 2.24. The number of anilines is 1. The summed E-state index contributed by atoms with van der Waals surface area (Å²) in [6.07, 6.45) is 2.35. The van der Waals surface area contributed by atoms with E-state index in [1.807, 2.05) is 0 Å². The summed E-state index contributed by atoms with van der Waals surface area (Å²) in [4.78, 5) is 13.3. The molecule has 0 saturated carbocycles. The van der Waals surface area contributed by atoms with Gasteiger partial charge in [-0.3, -0.25) is 15.0 Å². The molecule has 0 aliphatic carbocycles. The fourth-order valence-corrected chi connectivity index (χ4v) is 4.95. The standard InChI is InChI=1S/C19H32N4O4S/c1-14(2)18(22-10-6-7-11-22)13-20-16-9-8-15(12-17(16)23(24)25)28(26,27)21-19(3,4)5/h8-9,12,14,18,20-21H,6-7,10-11,13H2,1-5H3/t18-/m1/s1. The molecule has 158 valence electrons. The highest BCUT2D eigenvalue weighted by molar-refractivity contribution is 7.89. The van der Waals surface area contributed by atoms with Crippen molar-refractivity contribution in [2.75, 3.05) is 25.0 Å². The molecule has 9 heteroatoms. The van der Waals surface area contributed by atoms with Crippen LogP contribution in [0.25, 0.3) is 0 Å². The van der Waals surface area contributed by atoms with Crippen molar-refractivity contribution in [3.63, 3.8) is 0 Å². The molecule has 0 amide bonds. The molecule has 2 rings (SSSR count). The molecule has 8 nitrogen and oxygen atoms in total. The molecule has 0 spiro atoms. The molecule has 1 aliphatic rings. The Labute approximate surface area is 167 Å². The number of sulfonamides is 1. The molecule has 2 N–H and O–H groups in total. The number of nitrogens with zero attached hydrogens (tertiary/aromatic N) is 2. The van der Waals surface area contributed by atoms with Crippen molar-refractivity contribution >= 4 is 21.4 Å². The van der Waals surface area contributed by atoms with Gasteiger partial charge in [-0.1, -0.05) is 13.8 Å². The average Bonchev–Trinajstić information content (AvgIpc) is 3.06. The molecule has 1 fully saturated rings. The quantitative estimate of drug-likeness (QED) is 0.502. The van der Waals surface area contributed by atoms with E-state index < -0.39 is 20.5 Å². The lowest BCUT2D eigenvalue weighted by atomic mass is 10.0. The maximum absolute atomic E-state index is 12.5. The number of hydrogen-bond acceptors (Lipinski definition) is 6. The van der Waals surface area contributed by atoms with Crippen LogP contribution in [-0.2, 0) is 10.0 Å². The Morgan fingerprint density at radius 1 is 1.21 bits per heavy atom. The molecule has 0 radical (unpaired) electrons. The van der Waals surface area contributed by atoms with Crippen LogP contribution in [0.4, 0.5) is 11.4 Å². The summed E-state index contributed by atoms with van der Waals surface area (Å²) in [6, 6.07) is 4.28. The molecule has 1 aromatic rings. The first kappa shape index (κ1) is 22.6. The lowest BCUT2D eigenvalue weighted by Gasteiger charge is -2.31. The van der Waals surface area contributed by atoms with Gasteiger partial charge >= 0.3 is 0 Å². The third-order valence-corrected chi connectivity index (χ3v) is 6.55. The molecular weight excluding hydrogens is 380 g/mol. The number of hydrogen-bond donors (Lipinski definition) is 2. The highest BCUT2D eigenvalue weighted by Crippen LogP contribution is 2.29. The third kappa shape index (κ3) is 5.89. The number of rotatable bonds is 8. The summed E-state index contributed by atoms with van der Waals surface area (Å²) >= 11 is 0. The van der Waals surface area contributed by atoms with Gasteiger partial charge < -0.3 is 5.32 Å². The van der Waals surface area contributed by atoms with E-state index in [0.717, 1.165) is 19.2 Å². The third-order valence-electron chi connectivity index (χ3n) is 4.80. The summed E-state index contributed by atoms with van der Waals surface area (Å²) in [6.45, 7) is 12.1. The molecule has 1 atom stereocenters. The van der Waals surface area contributed by atoms with Crippen LogP contribution in [0.5, 0.6) is 0 Å². The van der Waals surface area contributed by atoms with E-state index in [4.69, 9.17) is 0 Å². The van der Waals surface area contributed by atoms with Crippen LogP contribution in [-0.4, -0.2) is 49.5 Å². The van der Waals surface area contributed by atoms with Crippen molar-refractivity contribution in [1.82, 2.24) is 9.62 Å². The maximum atomic E-state index is 12.5. The second-order valence-corrected chi connectivity index (χ2v) is 10.4. The van der Waals surface area contributed by atoms with Crippen LogP contribution >= 0.6 is 0 Å². The molecule has 1 saturated heterocycles. The van der Waals surface area contributed by atoms with Crippen LogP contribution in [0.3, 0.4) is 0 Å². The highest BCUT2D eigenvalue weighted by atomic mass is 32.2. The fourth-order valence-electron chi connectivity index (χ4n) is 3.52. The Morgan fingerprint density at radius 3 is 2.32 bits per heavy atom. The Morgan fingerprint density at radius 2 is 1.82 bits per heavy atom. The highest BCUT2D eigenvalue weighted by Gasteiger charge is 2.27. The zero-order chi connectivity index (χ0) is 21.1. The second-order valence-electron chi connectivity index (χ2n) is 8.73. The monoisotopic (exact) mass is 412 g/mol. The van der Waals surface area contributed by atoms with Gasteiger partial charge in [0.25, 0.3) is 5.69 Å². The van der Waals surface area contributed by atoms with Crippen LogP contribution in [0.2, 0.25) is 0 Å². The molecule has 1 aromatic carbocycles. The first-order valence-electron chi connectivity index (χ1n) is 9.71. The van der Waals surface area contributed by atoms with E-state index >= 15 is 0 Å². The zero-order valence-electron chi connectivity index (χ0n) is 17.4. The summed E-state index contributed by atoms with van der Waals surface area (Å²) in [5.41, 5.74) is -0.574. The predicted molar refractivity (Wildman–Crippen MR) is 111 cm³/mol. The van der Waals surface area contributed by atoms with Crippen LogP contribution in [0.1, 0.15) is 47.5 Å². The average molecular weight is 413 g/mol. The van der Waals surface area contributed by atoms with Crippen molar-refractivity contribution in [3.05, 3.63) is 28.3 Å². The molecule has 1 heterocycles. The van der Waals surface area contributed by atoms with E-state index in [-0.39, 0.29) is 16.6 Å². The van der Waals surface area contributed by atoms with Crippen molar-refractivity contribution in [2.24, 2.45) is 5.92 Å². The normalized spacial score (nSPS) is 17.1. The van der Waals surface area contributed by atoms with Crippen molar-refractivity contribution in [3.8, 4) is 0 Å². The van der Waals surface area contributed by atoms with Gasteiger partial charge in [0.2, 0.25) is 10.0 Å². The number of likely N-dealkylation sites (tertiary alicyclic amines) is 1. The number of nitro benzene ring substituents is 1. The summed E-state index contributed by atoms with van der Waals surface area (Å²) in [5.74, 6) is 0.403. The largest absolute Gasteiger partial charge is 0.378 e. The van der Waals surface area contributed by atoms with Crippen molar-refractivity contribution < 1.29 is 13.3 Å². The molecule has 0 bridgehead atoms. The van der Waals surface area contributed by atoms with Gasteiger partial charge in [0, 0.05) is 24.2 Å². The minimum atomic E-state index is -3.84. The number of benzene rings is 1.